The van der Waals surface area contributed by atoms with Crippen LogP contribution in [0.5, 0.6) is 0 Å². The second kappa shape index (κ2) is 7.62. The van der Waals surface area contributed by atoms with Crippen LogP contribution in [-0.2, 0) is 29.0 Å². The molecule has 0 radical (unpaired) electrons. The quantitative estimate of drug-likeness (QED) is 0.772. The number of rotatable bonds is 4. The van der Waals surface area contributed by atoms with Gasteiger partial charge in [0.05, 0.1) is 22.6 Å². The van der Waals surface area contributed by atoms with Crippen molar-refractivity contribution >= 4 is 21.4 Å². The van der Waals surface area contributed by atoms with Crippen LogP contribution in [0.3, 0.4) is 0 Å². The Morgan fingerprint density at radius 3 is 2.52 bits per heavy atom. The summed E-state index contributed by atoms with van der Waals surface area (Å²) in [5, 5.41) is 7.35. The molecule has 1 fully saturated rings. The van der Waals surface area contributed by atoms with Gasteiger partial charge in [-0.2, -0.15) is 9.40 Å². The molecule has 2 aromatic rings. The van der Waals surface area contributed by atoms with Crippen molar-refractivity contribution in [1.29, 1.82) is 0 Å². The van der Waals surface area contributed by atoms with Crippen molar-refractivity contribution in [3.05, 3.63) is 28.0 Å². The molecule has 3 heterocycles. The van der Waals surface area contributed by atoms with Crippen LogP contribution in [0.25, 0.3) is 0 Å². The van der Waals surface area contributed by atoms with Gasteiger partial charge in [0, 0.05) is 44.0 Å². The molecule has 0 unspecified atom stereocenters. The second-order valence-electron chi connectivity index (χ2n) is 8.15. The number of aryl methyl sites for hydroxylation is 1. The minimum Gasteiger partial charge on any atom is -0.296 e. The monoisotopic (exact) mass is 411 g/mol. The van der Waals surface area contributed by atoms with E-state index in [1.807, 2.05) is 0 Å². The first-order valence-corrected chi connectivity index (χ1v) is 11.6. The lowest BCUT2D eigenvalue weighted by Gasteiger charge is -2.21. The van der Waals surface area contributed by atoms with E-state index in [1.54, 1.807) is 34.3 Å². The van der Waals surface area contributed by atoms with Gasteiger partial charge in [-0.3, -0.25) is 9.58 Å². The van der Waals surface area contributed by atoms with Gasteiger partial charge in [0.15, 0.2) is 0 Å². The maximum absolute atomic E-state index is 13.0. The van der Waals surface area contributed by atoms with Gasteiger partial charge in [-0.05, 0) is 19.9 Å². The van der Waals surface area contributed by atoms with Gasteiger partial charge in [0.25, 0.3) is 0 Å². The highest BCUT2D eigenvalue weighted by molar-refractivity contribution is 7.89. The van der Waals surface area contributed by atoms with Crippen LogP contribution in [-0.4, -0.2) is 58.6 Å². The number of thiazole rings is 1. The standard InChI is InChI=1S/C18H29N5O2S2/c1-14-16(11-19-21(14)5)27(24,25)23-8-6-7-22(9-10-23)12-15-13-26-17(20-15)18(2,3)4/h11,13H,6-10,12H2,1-5H3. The molecule has 0 spiro atoms. The average molecular weight is 412 g/mol. The summed E-state index contributed by atoms with van der Waals surface area (Å²) < 4.78 is 29.2. The lowest BCUT2D eigenvalue weighted by molar-refractivity contribution is 0.275. The maximum atomic E-state index is 13.0. The van der Waals surface area contributed by atoms with E-state index in [-0.39, 0.29) is 5.41 Å². The molecule has 0 saturated carbocycles. The fourth-order valence-electron chi connectivity index (χ4n) is 3.17. The third-order valence-electron chi connectivity index (χ3n) is 4.93. The molecule has 27 heavy (non-hydrogen) atoms. The predicted molar refractivity (Wildman–Crippen MR) is 107 cm³/mol. The average Bonchev–Trinajstić information content (AvgIpc) is 3.09. The molecule has 0 N–H and O–H groups in total. The molecule has 0 atom stereocenters. The molecular formula is C18H29N5O2S2. The summed E-state index contributed by atoms with van der Waals surface area (Å²) >= 11 is 1.70. The van der Waals surface area contributed by atoms with E-state index in [0.717, 1.165) is 30.2 Å². The maximum Gasteiger partial charge on any atom is 0.246 e. The first kappa shape index (κ1) is 20.4. The van der Waals surface area contributed by atoms with Gasteiger partial charge in [0.1, 0.15) is 4.90 Å². The van der Waals surface area contributed by atoms with Crippen molar-refractivity contribution < 1.29 is 8.42 Å². The number of hydrogen-bond donors (Lipinski definition) is 0. The third kappa shape index (κ3) is 4.42. The first-order valence-electron chi connectivity index (χ1n) is 9.25. The molecule has 1 aliphatic heterocycles. The molecule has 0 bridgehead atoms. The van der Waals surface area contributed by atoms with E-state index in [0.29, 0.717) is 30.2 Å². The zero-order valence-corrected chi connectivity index (χ0v) is 18.4. The van der Waals surface area contributed by atoms with E-state index in [1.165, 1.54) is 6.20 Å². The summed E-state index contributed by atoms with van der Waals surface area (Å²) in [6.45, 7) is 11.7. The molecule has 1 saturated heterocycles. The normalized spacial score (nSPS) is 18.0. The van der Waals surface area contributed by atoms with Crippen LogP contribution in [0.4, 0.5) is 0 Å². The molecule has 1 aliphatic rings. The summed E-state index contributed by atoms with van der Waals surface area (Å²) in [6, 6.07) is 0. The Morgan fingerprint density at radius 2 is 1.93 bits per heavy atom. The van der Waals surface area contributed by atoms with Gasteiger partial charge in [-0.1, -0.05) is 20.8 Å². The minimum absolute atomic E-state index is 0.0637. The Morgan fingerprint density at radius 1 is 1.19 bits per heavy atom. The van der Waals surface area contributed by atoms with Crippen LogP contribution in [0, 0.1) is 6.92 Å². The van der Waals surface area contributed by atoms with E-state index >= 15 is 0 Å². The Bertz CT molecular complexity index is 895. The number of hydrogen-bond acceptors (Lipinski definition) is 6. The highest BCUT2D eigenvalue weighted by Gasteiger charge is 2.30. The topological polar surface area (TPSA) is 71.3 Å². The molecule has 0 aliphatic carbocycles. The number of sulfonamides is 1. The Kier molecular flexibility index (Phi) is 5.77. The smallest absolute Gasteiger partial charge is 0.246 e. The lowest BCUT2D eigenvalue weighted by Crippen LogP contribution is -2.35. The van der Waals surface area contributed by atoms with Crippen LogP contribution >= 0.6 is 11.3 Å². The third-order valence-corrected chi connectivity index (χ3v) is 8.25. The molecule has 2 aromatic heterocycles. The van der Waals surface area contributed by atoms with Crippen LogP contribution in [0.1, 0.15) is 43.6 Å². The van der Waals surface area contributed by atoms with Gasteiger partial charge in [-0.15, -0.1) is 11.3 Å². The van der Waals surface area contributed by atoms with Gasteiger partial charge in [-0.25, -0.2) is 13.4 Å². The van der Waals surface area contributed by atoms with Crippen molar-refractivity contribution in [2.75, 3.05) is 26.2 Å². The number of nitrogens with zero attached hydrogens (tertiary/aromatic N) is 5. The largest absolute Gasteiger partial charge is 0.296 e. The summed E-state index contributed by atoms with van der Waals surface area (Å²) in [6.07, 6.45) is 2.27. The second-order valence-corrected chi connectivity index (χ2v) is 10.9. The van der Waals surface area contributed by atoms with E-state index in [2.05, 4.69) is 36.1 Å². The summed E-state index contributed by atoms with van der Waals surface area (Å²) in [5.41, 5.74) is 1.81. The fraction of sp³-hybridized carbons (Fsp3) is 0.667. The van der Waals surface area contributed by atoms with Gasteiger partial charge < -0.3 is 0 Å². The Balaban J connectivity index is 1.67. The molecule has 3 rings (SSSR count). The summed E-state index contributed by atoms with van der Waals surface area (Å²) in [5.74, 6) is 0. The van der Waals surface area contributed by atoms with E-state index in [9.17, 15) is 8.42 Å². The van der Waals surface area contributed by atoms with Crippen molar-refractivity contribution in [2.45, 2.75) is 51.0 Å². The molecule has 0 amide bonds. The Hall–Kier alpha value is -1.29. The lowest BCUT2D eigenvalue weighted by atomic mass is 9.98. The predicted octanol–water partition coefficient (Wildman–Crippen LogP) is 2.38. The molecule has 7 nitrogen and oxygen atoms in total. The highest BCUT2D eigenvalue weighted by Crippen LogP contribution is 2.26. The molecule has 0 aromatic carbocycles. The van der Waals surface area contributed by atoms with Crippen molar-refractivity contribution in [2.24, 2.45) is 7.05 Å². The molecular weight excluding hydrogens is 382 g/mol. The summed E-state index contributed by atoms with van der Waals surface area (Å²) in [4.78, 5) is 7.38. The van der Waals surface area contributed by atoms with E-state index < -0.39 is 10.0 Å². The van der Waals surface area contributed by atoms with Crippen LogP contribution < -0.4 is 0 Å². The fourth-order valence-corrected chi connectivity index (χ4v) is 5.72. The molecule has 150 valence electrons. The minimum atomic E-state index is -3.50. The van der Waals surface area contributed by atoms with Gasteiger partial charge >= 0.3 is 0 Å². The van der Waals surface area contributed by atoms with Crippen LogP contribution in [0.2, 0.25) is 0 Å². The zero-order chi connectivity index (χ0) is 19.8. The summed E-state index contributed by atoms with van der Waals surface area (Å²) in [7, 11) is -1.73. The zero-order valence-electron chi connectivity index (χ0n) is 16.8. The van der Waals surface area contributed by atoms with E-state index in [4.69, 9.17) is 4.98 Å². The Labute approximate surface area is 166 Å². The molecule has 9 heteroatoms. The van der Waals surface area contributed by atoms with Crippen LogP contribution in [0.15, 0.2) is 16.5 Å². The van der Waals surface area contributed by atoms with Crippen molar-refractivity contribution in [3.8, 4) is 0 Å². The number of aromatic nitrogens is 3. The van der Waals surface area contributed by atoms with Gasteiger partial charge in [0.2, 0.25) is 10.0 Å². The highest BCUT2D eigenvalue weighted by atomic mass is 32.2. The SMILES string of the molecule is Cc1c(S(=O)(=O)N2CCCN(Cc3csc(C(C)(C)C)n3)CC2)cnn1C. The van der Waals surface area contributed by atoms with Crippen molar-refractivity contribution in [1.82, 2.24) is 24.0 Å². The first-order chi connectivity index (χ1) is 12.6. The van der Waals surface area contributed by atoms with Crippen molar-refractivity contribution in [3.63, 3.8) is 0 Å².